The zero-order chi connectivity index (χ0) is 20.4. The molecule has 1 fully saturated rings. The van der Waals surface area contributed by atoms with Crippen LogP contribution in [0.4, 0.5) is 11.8 Å². The molecule has 2 aliphatic heterocycles. The van der Waals surface area contributed by atoms with Crippen LogP contribution in [0.15, 0.2) is 18.2 Å². The van der Waals surface area contributed by atoms with E-state index in [1.54, 1.807) is 14.2 Å². The molecule has 0 spiro atoms. The van der Waals surface area contributed by atoms with E-state index in [-0.39, 0.29) is 0 Å². The Morgan fingerprint density at radius 3 is 2.48 bits per heavy atom. The maximum absolute atomic E-state index is 5.51. The molecule has 0 amide bonds. The second-order valence-corrected chi connectivity index (χ2v) is 8.07. The van der Waals surface area contributed by atoms with Gasteiger partial charge in [0.25, 0.3) is 0 Å². The van der Waals surface area contributed by atoms with E-state index in [2.05, 4.69) is 41.8 Å². The van der Waals surface area contributed by atoms with Crippen LogP contribution in [0, 0.1) is 6.92 Å². The van der Waals surface area contributed by atoms with Crippen LogP contribution in [0.2, 0.25) is 0 Å². The zero-order valence-electron chi connectivity index (χ0n) is 18.1. The van der Waals surface area contributed by atoms with Crippen LogP contribution >= 0.6 is 0 Å². The number of fused-ring (bicyclic) bond motifs is 1. The van der Waals surface area contributed by atoms with E-state index in [0.717, 1.165) is 61.4 Å². The van der Waals surface area contributed by atoms with Gasteiger partial charge < -0.3 is 19.3 Å². The summed E-state index contributed by atoms with van der Waals surface area (Å²) >= 11 is 0. The molecule has 0 bridgehead atoms. The molecular weight excluding hydrogens is 364 g/mol. The number of nitrogens with zero attached hydrogens (tertiary/aromatic N) is 4. The van der Waals surface area contributed by atoms with Gasteiger partial charge in [-0.2, -0.15) is 4.98 Å². The average Bonchev–Trinajstić information content (AvgIpc) is 2.77. The third-order valence-corrected chi connectivity index (χ3v) is 6.23. The Morgan fingerprint density at radius 1 is 1.00 bits per heavy atom. The number of anilines is 2. The summed E-state index contributed by atoms with van der Waals surface area (Å²) in [7, 11) is 3.38. The largest absolute Gasteiger partial charge is 0.493 e. The number of methoxy groups -OCH3 is 2. The Hall–Kier alpha value is -2.50. The fourth-order valence-electron chi connectivity index (χ4n) is 4.59. The molecule has 1 unspecified atom stereocenters. The average molecular weight is 397 g/mol. The van der Waals surface area contributed by atoms with Crippen molar-refractivity contribution < 1.29 is 9.47 Å². The molecule has 0 aliphatic carbocycles. The van der Waals surface area contributed by atoms with Crippen molar-refractivity contribution in [1.29, 1.82) is 0 Å². The Kier molecular flexibility index (Phi) is 5.79. The number of hydrogen-bond donors (Lipinski definition) is 0. The number of aryl methyl sites for hydroxylation is 1. The van der Waals surface area contributed by atoms with Crippen molar-refractivity contribution >= 4 is 11.8 Å². The molecule has 0 saturated carbocycles. The molecule has 1 aromatic carbocycles. The van der Waals surface area contributed by atoms with Gasteiger partial charge in [0.2, 0.25) is 5.95 Å². The molecule has 29 heavy (non-hydrogen) atoms. The molecular formula is C23H32N4O2. The van der Waals surface area contributed by atoms with Crippen LogP contribution in [0.1, 0.15) is 49.4 Å². The quantitative estimate of drug-likeness (QED) is 0.757. The smallest absolute Gasteiger partial charge is 0.227 e. The van der Waals surface area contributed by atoms with Crippen molar-refractivity contribution in [3.63, 3.8) is 0 Å². The summed E-state index contributed by atoms with van der Waals surface area (Å²) in [5, 5.41) is 0. The van der Waals surface area contributed by atoms with Crippen molar-refractivity contribution in [2.45, 2.75) is 58.5 Å². The van der Waals surface area contributed by atoms with Gasteiger partial charge in [0.15, 0.2) is 11.5 Å². The minimum absolute atomic E-state index is 0.553. The van der Waals surface area contributed by atoms with Crippen molar-refractivity contribution in [2.75, 3.05) is 37.1 Å². The molecule has 1 aromatic heterocycles. The Morgan fingerprint density at radius 2 is 1.76 bits per heavy atom. The lowest BCUT2D eigenvalue weighted by molar-refractivity contribution is 0.353. The second-order valence-electron chi connectivity index (χ2n) is 8.07. The van der Waals surface area contributed by atoms with Crippen LogP contribution in [-0.4, -0.2) is 43.3 Å². The Balaban J connectivity index is 1.62. The zero-order valence-corrected chi connectivity index (χ0v) is 18.1. The van der Waals surface area contributed by atoms with E-state index in [4.69, 9.17) is 19.4 Å². The maximum Gasteiger partial charge on any atom is 0.227 e. The SMILES string of the molecule is CCC1CCCCN1c1nc(C)cc(N2CCc3cc(OC)c(OC)cc3C2)n1. The molecule has 6 nitrogen and oxygen atoms in total. The van der Waals surface area contributed by atoms with Gasteiger partial charge >= 0.3 is 0 Å². The lowest BCUT2D eigenvalue weighted by Crippen LogP contribution is -2.40. The van der Waals surface area contributed by atoms with Crippen molar-refractivity contribution in [2.24, 2.45) is 0 Å². The third-order valence-electron chi connectivity index (χ3n) is 6.23. The van der Waals surface area contributed by atoms with E-state index in [0.29, 0.717) is 6.04 Å². The lowest BCUT2D eigenvalue weighted by atomic mass is 9.98. The van der Waals surface area contributed by atoms with E-state index < -0.39 is 0 Å². The summed E-state index contributed by atoms with van der Waals surface area (Å²) in [5.41, 5.74) is 3.63. The van der Waals surface area contributed by atoms with Gasteiger partial charge in [-0.1, -0.05) is 6.92 Å². The molecule has 156 valence electrons. The number of piperidine rings is 1. The number of aromatic nitrogens is 2. The molecule has 4 rings (SSSR count). The van der Waals surface area contributed by atoms with Crippen LogP contribution in [0.25, 0.3) is 0 Å². The van der Waals surface area contributed by atoms with Gasteiger partial charge in [0.1, 0.15) is 5.82 Å². The second kappa shape index (κ2) is 8.47. The topological polar surface area (TPSA) is 50.7 Å². The van der Waals surface area contributed by atoms with Gasteiger partial charge in [-0.15, -0.1) is 0 Å². The maximum atomic E-state index is 5.51. The summed E-state index contributed by atoms with van der Waals surface area (Å²) in [6.45, 7) is 7.16. The molecule has 2 aromatic rings. The summed E-state index contributed by atoms with van der Waals surface area (Å²) < 4.78 is 11.0. The third kappa shape index (κ3) is 3.98. The fourth-order valence-corrected chi connectivity index (χ4v) is 4.59. The van der Waals surface area contributed by atoms with E-state index >= 15 is 0 Å². The highest BCUT2D eigenvalue weighted by molar-refractivity contribution is 5.53. The van der Waals surface area contributed by atoms with Crippen LogP contribution in [0.3, 0.4) is 0 Å². The van der Waals surface area contributed by atoms with Gasteiger partial charge in [0.05, 0.1) is 14.2 Å². The van der Waals surface area contributed by atoms with E-state index in [1.165, 1.54) is 30.4 Å². The van der Waals surface area contributed by atoms with Crippen LogP contribution < -0.4 is 19.3 Å². The molecule has 3 heterocycles. The normalized spacial score (nSPS) is 19.1. The summed E-state index contributed by atoms with van der Waals surface area (Å²) in [5.74, 6) is 3.50. The minimum Gasteiger partial charge on any atom is -0.493 e. The number of hydrogen-bond acceptors (Lipinski definition) is 6. The molecule has 1 saturated heterocycles. The minimum atomic E-state index is 0.553. The molecule has 6 heteroatoms. The molecule has 2 aliphatic rings. The molecule has 0 N–H and O–H groups in total. The highest BCUT2D eigenvalue weighted by Crippen LogP contribution is 2.34. The Labute approximate surface area is 173 Å². The number of rotatable bonds is 5. The van der Waals surface area contributed by atoms with Gasteiger partial charge in [-0.05, 0) is 62.3 Å². The van der Waals surface area contributed by atoms with E-state index in [9.17, 15) is 0 Å². The first-order valence-electron chi connectivity index (χ1n) is 10.7. The van der Waals surface area contributed by atoms with Crippen molar-refractivity contribution in [3.05, 3.63) is 35.0 Å². The number of ether oxygens (including phenoxy) is 2. The first kappa shape index (κ1) is 19.8. The van der Waals surface area contributed by atoms with Gasteiger partial charge in [-0.25, -0.2) is 4.98 Å². The van der Waals surface area contributed by atoms with Crippen LogP contribution in [-0.2, 0) is 13.0 Å². The fraction of sp³-hybridized carbons (Fsp3) is 0.565. The first-order chi connectivity index (χ1) is 14.1. The lowest BCUT2D eigenvalue weighted by Gasteiger charge is -2.36. The summed E-state index contributed by atoms with van der Waals surface area (Å²) in [6, 6.07) is 6.88. The van der Waals surface area contributed by atoms with E-state index in [1.807, 2.05) is 0 Å². The molecule has 1 atom stereocenters. The molecule has 0 radical (unpaired) electrons. The predicted molar refractivity (Wildman–Crippen MR) is 116 cm³/mol. The predicted octanol–water partition coefficient (Wildman–Crippen LogP) is 4.13. The number of benzene rings is 1. The monoisotopic (exact) mass is 396 g/mol. The van der Waals surface area contributed by atoms with Gasteiger partial charge in [0, 0.05) is 37.4 Å². The summed E-state index contributed by atoms with van der Waals surface area (Å²) in [6.07, 6.45) is 5.88. The Bertz CT molecular complexity index is 870. The van der Waals surface area contributed by atoms with Crippen molar-refractivity contribution in [1.82, 2.24) is 9.97 Å². The highest BCUT2D eigenvalue weighted by Gasteiger charge is 2.26. The summed E-state index contributed by atoms with van der Waals surface area (Å²) in [4.78, 5) is 14.6. The van der Waals surface area contributed by atoms with Gasteiger partial charge in [-0.3, -0.25) is 0 Å². The highest BCUT2D eigenvalue weighted by atomic mass is 16.5. The first-order valence-corrected chi connectivity index (χ1v) is 10.7. The van der Waals surface area contributed by atoms with Crippen LogP contribution in [0.5, 0.6) is 11.5 Å². The standard InChI is InChI=1S/C23H32N4O2/c1-5-19-8-6-7-10-27(19)23-24-16(2)12-22(25-23)26-11-9-17-13-20(28-3)21(29-4)14-18(17)15-26/h12-14,19H,5-11,15H2,1-4H3. The van der Waals surface area contributed by atoms with Crippen molar-refractivity contribution in [3.8, 4) is 11.5 Å².